The van der Waals surface area contributed by atoms with Crippen LogP contribution in [0.5, 0.6) is 0 Å². The Kier molecular flexibility index (Phi) is 2.99. The third kappa shape index (κ3) is 2.39. The number of rotatable bonds is 4. The van der Waals surface area contributed by atoms with Crippen molar-refractivity contribution < 1.29 is 9.90 Å². The van der Waals surface area contributed by atoms with E-state index in [1.165, 1.54) is 12.3 Å². The third-order valence-electron chi connectivity index (χ3n) is 2.29. The van der Waals surface area contributed by atoms with Gasteiger partial charge in [-0.2, -0.15) is 5.10 Å². The zero-order valence-electron chi connectivity index (χ0n) is 9.16. The number of hydrogen-bond acceptors (Lipinski definition) is 5. The van der Waals surface area contributed by atoms with E-state index in [-0.39, 0.29) is 11.4 Å². The van der Waals surface area contributed by atoms with Gasteiger partial charge < -0.3 is 15.0 Å². The minimum atomic E-state index is -1.04. The van der Waals surface area contributed by atoms with E-state index in [1.807, 2.05) is 17.8 Å². The highest BCUT2D eigenvalue weighted by molar-refractivity contribution is 5.92. The number of aromatic carboxylic acids is 1. The quantitative estimate of drug-likeness (QED) is 0.799. The maximum atomic E-state index is 10.9. The van der Waals surface area contributed by atoms with Crippen molar-refractivity contribution in [3.05, 3.63) is 36.0 Å². The van der Waals surface area contributed by atoms with Crippen molar-refractivity contribution in [1.29, 1.82) is 0 Å². The molecule has 0 aliphatic heterocycles. The second-order valence-corrected chi connectivity index (χ2v) is 3.41. The van der Waals surface area contributed by atoms with Crippen molar-refractivity contribution in [1.82, 2.24) is 19.7 Å². The van der Waals surface area contributed by atoms with E-state index in [0.717, 1.165) is 5.82 Å². The van der Waals surface area contributed by atoms with Crippen LogP contribution in [0.2, 0.25) is 0 Å². The molecule has 7 heteroatoms. The van der Waals surface area contributed by atoms with Crippen molar-refractivity contribution in [2.45, 2.75) is 6.54 Å². The van der Waals surface area contributed by atoms with Crippen LogP contribution >= 0.6 is 0 Å². The molecule has 0 bridgehead atoms. The first-order valence-electron chi connectivity index (χ1n) is 4.93. The Bertz CT molecular complexity index is 537. The smallest absolute Gasteiger partial charge is 0.339 e. The molecular formula is C10H11N5O2. The van der Waals surface area contributed by atoms with Crippen LogP contribution in [0.1, 0.15) is 16.2 Å². The van der Waals surface area contributed by atoms with Crippen molar-refractivity contribution in [3.8, 4) is 0 Å². The second kappa shape index (κ2) is 4.60. The first kappa shape index (κ1) is 11.1. The Labute approximate surface area is 97.1 Å². The number of nitrogens with one attached hydrogen (secondary N) is 1. The molecule has 0 radical (unpaired) electrons. The van der Waals surface area contributed by atoms with Gasteiger partial charge in [0.1, 0.15) is 11.4 Å². The highest BCUT2D eigenvalue weighted by Crippen LogP contribution is 2.10. The van der Waals surface area contributed by atoms with Gasteiger partial charge in [-0.15, -0.1) is 5.10 Å². The molecule has 7 nitrogen and oxygen atoms in total. The molecule has 0 unspecified atom stereocenters. The number of anilines is 1. The molecule has 0 aliphatic rings. The van der Waals surface area contributed by atoms with Gasteiger partial charge in [0.05, 0.1) is 12.7 Å². The molecule has 2 heterocycles. The lowest BCUT2D eigenvalue weighted by atomic mass is 10.3. The maximum absolute atomic E-state index is 10.9. The topological polar surface area (TPSA) is 92.9 Å². The molecule has 0 saturated carbocycles. The average molecular weight is 233 g/mol. The molecule has 2 aromatic rings. The predicted molar refractivity (Wildman–Crippen MR) is 59.5 cm³/mol. The normalized spacial score (nSPS) is 10.2. The fourth-order valence-electron chi connectivity index (χ4n) is 1.36. The van der Waals surface area contributed by atoms with Gasteiger partial charge in [-0.25, -0.2) is 9.78 Å². The lowest BCUT2D eigenvalue weighted by Crippen LogP contribution is -2.11. The van der Waals surface area contributed by atoms with Crippen LogP contribution in [-0.4, -0.2) is 30.8 Å². The van der Waals surface area contributed by atoms with E-state index in [1.54, 1.807) is 6.20 Å². The van der Waals surface area contributed by atoms with Gasteiger partial charge in [-0.05, 0) is 6.07 Å². The van der Waals surface area contributed by atoms with Crippen LogP contribution in [0.3, 0.4) is 0 Å². The van der Waals surface area contributed by atoms with Gasteiger partial charge in [0, 0.05) is 19.4 Å². The maximum Gasteiger partial charge on any atom is 0.339 e. The number of imidazole rings is 1. The van der Waals surface area contributed by atoms with Crippen molar-refractivity contribution >= 4 is 11.8 Å². The van der Waals surface area contributed by atoms with Gasteiger partial charge in [0.15, 0.2) is 5.82 Å². The predicted octanol–water partition coefficient (Wildman–Crippen LogP) is 0.520. The number of carboxylic acids is 1. The molecule has 0 amide bonds. The van der Waals surface area contributed by atoms with Crippen molar-refractivity contribution in [3.63, 3.8) is 0 Å². The molecule has 2 N–H and O–H groups in total. The summed E-state index contributed by atoms with van der Waals surface area (Å²) in [6.45, 7) is 0.391. The van der Waals surface area contributed by atoms with E-state index in [2.05, 4.69) is 20.5 Å². The van der Waals surface area contributed by atoms with Gasteiger partial charge in [0.2, 0.25) is 0 Å². The summed E-state index contributed by atoms with van der Waals surface area (Å²) in [6, 6.07) is 1.40. The number of carboxylic acid groups (broad SMARTS) is 1. The summed E-state index contributed by atoms with van der Waals surface area (Å²) in [6.07, 6.45) is 4.83. The summed E-state index contributed by atoms with van der Waals surface area (Å²) in [5.41, 5.74) is 0.0919. The fourth-order valence-corrected chi connectivity index (χ4v) is 1.36. The third-order valence-corrected chi connectivity index (χ3v) is 2.29. The Morgan fingerprint density at radius 3 is 3.00 bits per heavy atom. The molecule has 0 fully saturated rings. The minimum Gasteiger partial charge on any atom is -0.478 e. The van der Waals surface area contributed by atoms with Crippen molar-refractivity contribution in [2.24, 2.45) is 7.05 Å². The SMILES string of the molecule is Cn1ccnc1CNc1nnccc1C(=O)O. The first-order valence-corrected chi connectivity index (χ1v) is 4.93. The van der Waals surface area contributed by atoms with Gasteiger partial charge in [-0.3, -0.25) is 0 Å². The number of aromatic nitrogens is 4. The zero-order valence-corrected chi connectivity index (χ0v) is 9.16. The highest BCUT2D eigenvalue weighted by Gasteiger charge is 2.11. The molecule has 88 valence electrons. The van der Waals surface area contributed by atoms with Crippen molar-refractivity contribution in [2.75, 3.05) is 5.32 Å². The van der Waals surface area contributed by atoms with Gasteiger partial charge >= 0.3 is 5.97 Å². The minimum absolute atomic E-state index is 0.0919. The first-order chi connectivity index (χ1) is 8.18. The molecule has 2 rings (SSSR count). The molecule has 0 saturated heterocycles. The fraction of sp³-hybridized carbons (Fsp3) is 0.200. The van der Waals surface area contributed by atoms with E-state index in [4.69, 9.17) is 5.11 Å². The van der Waals surface area contributed by atoms with Crippen LogP contribution in [0.4, 0.5) is 5.82 Å². The second-order valence-electron chi connectivity index (χ2n) is 3.41. The number of nitrogens with zero attached hydrogens (tertiary/aromatic N) is 4. The largest absolute Gasteiger partial charge is 0.478 e. The van der Waals surface area contributed by atoms with Crippen LogP contribution in [-0.2, 0) is 13.6 Å². The van der Waals surface area contributed by atoms with Gasteiger partial charge in [-0.1, -0.05) is 0 Å². The number of aryl methyl sites for hydroxylation is 1. The number of carbonyl (C=O) groups is 1. The van der Waals surface area contributed by atoms with E-state index in [0.29, 0.717) is 6.54 Å². The summed E-state index contributed by atoms with van der Waals surface area (Å²) < 4.78 is 1.84. The summed E-state index contributed by atoms with van der Waals surface area (Å²) >= 11 is 0. The molecular weight excluding hydrogens is 222 g/mol. The van der Waals surface area contributed by atoms with Crippen LogP contribution < -0.4 is 5.32 Å². The Morgan fingerprint density at radius 1 is 1.53 bits per heavy atom. The summed E-state index contributed by atoms with van der Waals surface area (Å²) in [5.74, 6) is -0.0165. The molecule has 0 atom stereocenters. The number of hydrogen-bond donors (Lipinski definition) is 2. The Morgan fingerprint density at radius 2 is 2.35 bits per heavy atom. The van der Waals surface area contributed by atoms with Gasteiger partial charge in [0.25, 0.3) is 0 Å². The average Bonchev–Trinajstić information content (AvgIpc) is 2.72. The zero-order chi connectivity index (χ0) is 12.3. The lowest BCUT2D eigenvalue weighted by molar-refractivity contribution is 0.0697. The summed E-state index contributed by atoms with van der Waals surface area (Å²) in [7, 11) is 1.86. The highest BCUT2D eigenvalue weighted by atomic mass is 16.4. The van der Waals surface area contributed by atoms with Crippen LogP contribution in [0, 0.1) is 0 Å². The van der Waals surface area contributed by atoms with E-state index >= 15 is 0 Å². The molecule has 17 heavy (non-hydrogen) atoms. The molecule has 2 aromatic heterocycles. The summed E-state index contributed by atoms with van der Waals surface area (Å²) in [5, 5.41) is 19.2. The Hall–Kier alpha value is -2.44. The molecule has 0 aromatic carbocycles. The van der Waals surface area contributed by atoms with Crippen LogP contribution in [0.15, 0.2) is 24.7 Å². The lowest BCUT2D eigenvalue weighted by Gasteiger charge is -2.07. The van der Waals surface area contributed by atoms with Crippen LogP contribution in [0.25, 0.3) is 0 Å². The standard InChI is InChI=1S/C10H11N5O2/c1-15-5-4-11-8(15)6-12-9-7(10(16)17)2-3-13-14-9/h2-5H,6H2,1H3,(H,12,14)(H,16,17). The Balaban J connectivity index is 2.14. The van der Waals surface area contributed by atoms with E-state index in [9.17, 15) is 4.79 Å². The molecule has 0 aliphatic carbocycles. The monoisotopic (exact) mass is 233 g/mol. The molecule has 0 spiro atoms. The van der Waals surface area contributed by atoms with E-state index < -0.39 is 5.97 Å². The summed E-state index contributed by atoms with van der Waals surface area (Å²) in [4.78, 5) is 15.0.